The molecule has 1 aliphatic rings. The van der Waals surface area contributed by atoms with E-state index in [2.05, 4.69) is 15.9 Å². The third-order valence-corrected chi connectivity index (χ3v) is 5.61. The zero-order valence-corrected chi connectivity index (χ0v) is 17.5. The number of esters is 1. The van der Waals surface area contributed by atoms with E-state index in [9.17, 15) is 14.4 Å². The Labute approximate surface area is 169 Å². The summed E-state index contributed by atoms with van der Waals surface area (Å²) in [6.07, 6.45) is 2.22. The summed E-state index contributed by atoms with van der Waals surface area (Å²) in [4.78, 5) is 39.8. The van der Waals surface area contributed by atoms with Gasteiger partial charge in [0.05, 0.1) is 19.1 Å². The average molecular weight is 439 g/mol. The Kier molecular flexibility index (Phi) is 8.28. The van der Waals surface area contributed by atoms with Crippen LogP contribution in [0.25, 0.3) is 0 Å². The molecule has 1 aliphatic heterocycles. The Morgan fingerprint density at radius 1 is 1.22 bits per heavy atom. The van der Waals surface area contributed by atoms with Crippen LogP contribution in [0, 0.1) is 5.92 Å². The second kappa shape index (κ2) is 10.4. The molecule has 2 rings (SSSR count). The summed E-state index contributed by atoms with van der Waals surface area (Å²) in [6.45, 7) is 3.30. The van der Waals surface area contributed by atoms with Crippen molar-refractivity contribution in [2.45, 2.75) is 32.6 Å². The number of hydrogen-bond donors (Lipinski definition) is 0. The number of benzene rings is 1. The number of halogens is 1. The van der Waals surface area contributed by atoms with Crippen LogP contribution in [0.5, 0.6) is 0 Å². The predicted molar refractivity (Wildman–Crippen MR) is 106 cm³/mol. The number of carbonyl (C=O) groups excluding carboxylic acids is 3. The molecule has 1 aromatic rings. The van der Waals surface area contributed by atoms with Gasteiger partial charge in [0, 0.05) is 31.0 Å². The van der Waals surface area contributed by atoms with Gasteiger partial charge in [0.1, 0.15) is 0 Å². The number of piperidine rings is 1. The maximum absolute atomic E-state index is 12.5. The highest BCUT2D eigenvalue weighted by molar-refractivity contribution is 9.10. The lowest BCUT2D eigenvalue weighted by molar-refractivity contribution is -0.151. The van der Waals surface area contributed by atoms with Crippen molar-refractivity contribution in [3.05, 3.63) is 34.3 Å². The first-order valence-corrected chi connectivity index (χ1v) is 10.1. The molecule has 0 spiro atoms. The van der Waals surface area contributed by atoms with Crippen LogP contribution in [-0.4, -0.2) is 60.9 Å². The molecule has 0 saturated carbocycles. The molecule has 1 saturated heterocycles. The van der Waals surface area contributed by atoms with Crippen molar-refractivity contribution in [1.29, 1.82) is 0 Å². The largest absolute Gasteiger partial charge is 0.466 e. The Morgan fingerprint density at radius 3 is 2.52 bits per heavy atom. The van der Waals surface area contributed by atoms with Crippen molar-refractivity contribution in [2.24, 2.45) is 5.92 Å². The van der Waals surface area contributed by atoms with Gasteiger partial charge in [-0.1, -0.05) is 34.1 Å². The summed E-state index contributed by atoms with van der Waals surface area (Å²) in [7, 11) is 1.66. The van der Waals surface area contributed by atoms with E-state index in [1.54, 1.807) is 18.9 Å². The van der Waals surface area contributed by atoms with Gasteiger partial charge in [-0.05, 0) is 37.8 Å². The zero-order chi connectivity index (χ0) is 19.8. The quantitative estimate of drug-likeness (QED) is 0.613. The molecule has 0 radical (unpaired) electrons. The van der Waals surface area contributed by atoms with Crippen molar-refractivity contribution in [3.63, 3.8) is 0 Å². The fraction of sp³-hybridized carbons (Fsp3) is 0.550. The molecule has 0 aromatic heterocycles. The van der Waals surface area contributed by atoms with Gasteiger partial charge < -0.3 is 14.5 Å². The van der Waals surface area contributed by atoms with Crippen LogP contribution in [-0.2, 0) is 25.5 Å². The number of ether oxygens (including phenoxy) is 1. The molecule has 1 heterocycles. The lowest BCUT2D eigenvalue weighted by atomic mass is 9.97. The zero-order valence-electron chi connectivity index (χ0n) is 15.9. The molecule has 0 unspecified atom stereocenters. The number of likely N-dealkylation sites (tertiary alicyclic amines) is 1. The van der Waals surface area contributed by atoms with Gasteiger partial charge in [-0.3, -0.25) is 14.4 Å². The third kappa shape index (κ3) is 6.34. The number of carbonyl (C=O) groups is 3. The maximum Gasteiger partial charge on any atom is 0.309 e. The van der Waals surface area contributed by atoms with E-state index in [1.165, 1.54) is 4.90 Å². The third-order valence-electron chi connectivity index (χ3n) is 4.83. The van der Waals surface area contributed by atoms with Gasteiger partial charge in [-0.15, -0.1) is 0 Å². The van der Waals surface area contributed by atoms with Crippen LogP contribution < -0.4 is 0 Å². The Hall–Kier alpha value is -1.89. The lowest BCUT2D eigenvalue weighted by Crippen LogP contribution is -2.45. The topological polar surface area (TPSA) is 66.9 Å². The minimum absolute atomic E-state index is 0.0551. The first-order chi connectivity index (χ1) is 12.9. The smallest absolute Gasteiger partial charge is 0.309 e. The fourth-order valence-corrected chi connectivity index (χ4v) is 3.63. The Bertz CT molecular complexity index is 672. The summed E-state index contributed by atoms with van der Waals surface area (Å²) in [6, 6.07) is 7.81. The maximum atomic E-state index is 12.5. The van der Waals surface area contributed by atoms with Crippen molar-refractivity contribution >= 4 is 33.7 Å². The number of rotatable bonds is 7. The minimum Gasteiger partial charge on any atom is -0.466 e. The highest BCUT2D eigenvalue weighted by atomic mass is 79.9. The molecule has 6 nitrogen and oxygen atoms in total. The van der Waals surface area contributed by atoms with E-state index in [0.29, 0.717) is 45.4 Å². The number of amides is 2. The van der Waals surface area contributed by atoms with Gasteiger partial charge >= 0.3 is 5.97 Å². The van der Waals surface area contributed by atoms with Crippen molar-refractivity contribution in [2.75, 3.05) is 33.3 Å². The predicted octanol–water partition coefficient (Wildman–Crippen LogP) is 2.64. The number of nitrogens with zero attached hydrogens (tertiary/aromatic N) is 2. The summed E-state index contributed by atoms with van der Waals surface area (Å²) in [5.41, 5.74) is 1.08. The normalized spacial score (nSPS) is 14.7. The van der Waals surface area contributed by atoms with Crippen LogP contribution in [0.15, 0.2) is 28.7 Å². The van der Waals surface area contributed by atoms with E-state index in [-0.39, 0.29) is 30.2 Å². The minimum atomic E-state index is -0.177. The Morgan fingerprint density at radius 2 is 1.89 bits per heavy atom. The van der Waals surface area contributed by atoms with E-state index in [0.717, 1.165) is 10.0 Å². The van der Waals surface area contributed by atoms with Crippen molar-refractivity contribution < 1.29 is 19.1 Å². The molecule has 0 atom stereocenters. The molecule has 0 aliphatic carbocycles. The van der Waals surface area contributed by atoms with Crippen LogP contribution in [0.3, 0.4) is 0 Å². The number of hydrogen-bond acceptors (Lipinski definition) is 4. The summed E-state index contributed by atoms with van der Waals surface area (Å²) < 4.78 is 6.03. The SMILES string of the molecule is CCOC(=O)C1CCN(C(=O)CN(C)C(=O)CCc2ccccc2Br)CC1. The molecule has 0 N–H and O–H groups in total. The van der Waals surface area contributed by atoms with Gasteiger partial charge in [-0.2, -0.15) is 0 Å². The molecule has 0 bridgehead atoms. The molecule has 1 fully saturated rings. The standard InChI is InChI=1S/C20H27BrN2O4/c1-3-27-20(26)16-10-12-23(13-11-16)19(25)14-22(2)18(24)9-8-15-6-4-5-7-17(15)21/h4-7,16H,3,8-14H2,1-2H3. The van der Waals surface area contributed by atoms with Crippen LogP contribution in [0.2, 0.25) is 0 Å². The first kappa shape index (κ1) is 21.4. The highest BCUT2D eigenvalue weighted by Gasteiger charge is 2.28. The fourth-order valence-electron chi connectivity index (χ4n) is 3.15. The molecule has 27 heavy (non-hydrogen) atoms. The first-order valence-electron chi connectivity index (χ1n) is 9.34. The van der Waals surface area contributed by atoms with Crippen molar-refractivity contribution in [1.82, 2.24) is 9.80 Å². The Balaban J connectivity index is 1.76. The van der Waals surface area contributed by atoms with E-state index in [1.807, 2.05) is 24.3 Å². The van der Waals surface area contributed by atoms with Gasteiger partial charge in [-0.25, -0.2) is 0 Å². The number of likely N-dealkylation sites (N-methyl/N-ethyl adjacent to an activating group) is 1. The molecular formula is C20H27BrN2O4. The van der Waals surface area contributed by atoms with Crippen LogP contribution in [0.1, 0.15) is 31.7 Å². The summed E-state index contributed by atoms with van der Waals surface area (Å²) >= 11 is 3.48. The molecular weight excluding hydrogens is 412 g/mol. The monoisotopic (exact) mass is 438 g/mol. The second-order valence-electron chi connectivity index (χ2n) is 6.75. The average Bonchev–Trinajstić information content (AvgIpc) is 2.67. The van der Waals surface area contributed by atoms with Gasteiger partial charge in [0.2, 0.25) is 11.8 Å². The van der Waals surface area contributed by atoms with E-state index < -0.39 is 0 Å². The van der Waals surface area contributed by atoms with Gasteiger partial charge in [0.15, 0.2) is 0 Å². The number of aryl methyl sites for hydroxylation is 1. The van der Waals surface area contributed by atoms with Crippen molar-refractivity contribution in [3.8, 4) is 0 Å². The lowest BCUT2D eigenvalue weighted by Gasteiger charge is -2.32. The van der Waals surface area contributed by atoms with Gasteiger partial charge in [0.25, 0.3) is 0 Å². The molecule has 7 heteroatoms. The molecule has 2 amide bonds. The van der Waals surface area contributed by atoms with E-state index >= 15 is 0 Å². The second-order valence-corrected chi connectivity index (χ2v) is 7.60. The highest BCUT2D eigenvalue weighted by Crippen LogP contribution is 2.19. The molecule has 148 valence electrons. The molecule has 1 aromatic carbocycles. The summed E-state index contributed by atoms with van der Waals surface area (Å²) in [5, 5.41) is 0. The van der Waals surface area contributed by atoms with Crippen LogP contribution in [0.4, 0.5) is 0 Å². The van der Waals surface area contributed by atoms with Crippen LogP contribution >= 0.6 is 15.9 Å². The van der Waals surface area contributed by atoms with E-state index in [4.69, 9.17) is 4.74 Å². The summed E-state index contributed by atoms with van der Waals surface area (Å²) in [5.74, 6) is -0.434.